The quantitative estimate of drug-likeness (QED) is 0.711. The average molecular weight is 256 g/mol. The standard InChI is InChI=1S/C8H11F3N2O2S/c1-12-8-13-3-2(9)4(14)5(6(10)11)15-7(3)16-8/h2-7,14H,1H3,(H,12,13)/t2-,3+,4-,5-,7+/m0/s1. The summed E-state index contributed by atoms with van der Waals surface area (Å²) in [4.78, 5) is 3.92. The van der Waals surface area contributed by atoms with Crippen LogP contribution in [0.1, 0.15) is 0 Å². The van der Waals surface area contributed by atoms with Gasteiger partial charge in [0.2, 0.25) is 0 Å². The molecule has 0 spiro atoms. The molecule has 0 unspecified atom stereocenters. The molecule has 8 heteroatoms. The van der Waals surface area contributed by atoms with Gasteiger partial charge in [-0.25, -0.2) is 13.2 Å². The van der Waals surface area contributed by atoms with Crippen molar-refractivity contribution in [2.24, 2.45) is 4.99 Å². The fraction of sp³-hybridized carbons (Fsp3) is 0.875. The first-order chi connectivity index (χ1) is 7.54. The number of hydrogen-bond donors (Lipinski definition) is 2. The van der Waals surface area contributed by atoms with Crippen LogP contribution in [0.15, 0.2) is 4.99 Å². The summed E-state index contributed by atoms with van der Waals surface area (Å²) in [5, 5.41) is 12.5. The van der Waals surface area contributed by atoms with Gasteiger partial charge in [0.05, 0.1) is 0 Å². The third kappa shape index (κ3) is 1.89. The maximum absolute atomic E-state index is 13.6. The second-order valence-electron chi connectivity index (χ2n) is 3.53. The zero-order valence-electron chi connectivity index (χ0n) is 8.31. The summed E-state index contributed by atoms with van der Waals surface area (Å²) >= 11 is 1.05. The minimum atomic E-state index is -2.91. The van der Waals surface area contributed by atoms with Gasteiger partial charge in [0.1, 0.15) is 23.7 Å². The van der Waals surface area contributed by atoms with Crippen molar-refractivity contribution in [3.05, 3.63) is 0 Å². The number of aliphatic imine (C=N–C) groups is 1. The number of fused-ring (bicyclic) bond motifs is 1. The Balaban J connectivity index is 2.14. The van der Waals surface area contributed by atoms with Gasteiger partial charge in [-0.3, -0.25) is 4.99 Å². The van der Waals surface area contributed by atoms with Crippen molar-refractivity contribution in [2.45, 2.75) is 36.3 Å². The van der Waals surface area contributed by atoms with E-state index in [0.29, 0.717) is 5.17 Å². The first-order valence-corrected chi connectivity index (χ1v) is 5.60. The number of aliphatic hydroxyl groups is 1. The largest absolute Gasteiger partial charge is 0.387 e. The molecule has 2 heterocycles. The number of ether oxygens (including phenoxy) is 1. The Labute approximate surface area is 94.3 Å². The smallest absolute Gasteiger partial charge is 0.267 e. The van der Waals surface area contributed by atoms with Crippen molar-refractivity contribution in [2.75, 3.05) is 7.05 Å². The summed E-state index contributed by atoms with van der Waals surface area (Å²) in [7, 11) is 1.59. The van der Waals surface area contributed by atoms with Gasteiger partial charge in [0, 0.05) is 7.05 Å². The number of hydrogen-bond acceptors (Lipinski definition) is 5. The van der Waals surface area contributed by atoms with Crippen molar-refractivity contribution in [3.63, 3.8) is 0 Å². The average Bonchev–Trinajstić information content (AvgIpc) is 2.66. The van der Waals surface area contributed by atoms with Crippen molar-refractivity contribution >= 4 is 16.9 Å². The highest BCUT2D eigenvalue weighted by Gasteiger charge is 2.51. The molecule has 5 atom stereocenters. The molecule has 0 aromatic carbocycles. The topological polar surface area (TPSA) is 53.9 Å². The molecule has 2 rings (SSSR count). The molecule has 0 amide bonds. The van der Waals surface area contributed by atoms with Crippen LogP contribution in [0, 0.1) is 0 Å². The lowest BCUT2D eigenvalue weighted by atomic mass is 10.00. The van der Waals surface area contributed by atoms with Crippen LogP contribution in [0.5, 0.6) is 0 Å². The highest BCUT2D eigenvalue weighted by atomic mass is 32.2. The Morgan fingerprint density at radius 1 is 1.56 bits per heavy atom. The monoisotopic (exact) mass is 256 g/mol. The molecule has 0 aromatic rings. The second-order valence-corrected chi connectivity index (χ2v) is 4.62. The van der Waals surface area contributed by atoms with Crippen LogP contribution in [-0.4, -0.2) is 53.6 Å². The third-order valence-electron chi connectivity index (χ3n) is 2.52. The summed E-state index contributed by atoms with van der Waals surface area (Å²) in [6.07, 6.45) is -8.35. The molecular weight excluding hydrogens is 245 g/mol. The zero-order chi connectivity index (χ0) is 11.9. The lowest BCUT2D eigenvalue weighted by molar-refractivity contribution is -0.178. The minimum Gasteiger partial charge on any atom is -0.387 e. The van der Waals surface area contributed by atoms with Gasteiger partial charge in [0.15, 0.2) is 11.3 Å². The van der Waals surface area contributed by atoms with Crippen molar-refractivity contribution in [1.82, 2.24) is 5.32 Å². The van der Waals surface area contributed by atoms with Crippen molar-refractivity contribution in [1.29, 1.82) is 0 Å². The number of thioether (sulfide) groups is 1. The van der Waals surface area contributed by atoms with E-state index in [-0.39, 0.29) is 0 Å². The highest BCUT2D eigenvalue weighted by molar-refractivity contribution is 8.14. The molecule has 1 fully saturated rings. The fourth-order valence-corrected chi connectivity index (χ4v) is 2.74. The number of halogens is 3. The predicted octanol–water partition coefficient (Wildman–Crippen LogP) is 0.366. The van der Waals surface area contributed by atoms with Crippen LogP contribution in [0.3, 0.4) is 0 Å². The van der Waals surface area contributed by atoms with Gasteiger partial charge in [-0.1, -0.05) is 11.8 Å². The van der Waals surface area contributed by atoms with Crippen molar-refractivity contribution < 1.29 is 23.0 Å². The fourth-order valence-electron chi connectivity index (χ4n) is 1.69. The molecule has 0 saturated carbocycles. The van der Waals surface area contributed by atoms with Crippen LogP contribution in [-0.2, 0) is 4.74 Å². The van der Waals surface area contributed by atoms with Crippen LogP contribution in [0.25, 0.3) is 0 Å². The molecule has 0 aromatic heterocycles. The first-order valence-electron chi connectivity index (χ1n) is 4.72. The summed E-state index contributed by atoms with van der Waals surface area (Å²) in [5.74, 6) is 0. The Kier molecular flexibility index (Phi) is 3.32. The molecule has 2 N–H and O–H groups in total. The number of nitrogens with zero attached hydrogens (tertiary/aromatic N) is 1. The second kappa shape index (κ2) is 4.42. The molecule has 16 heavy (non-hydrogen) atoms. The Morgan fingerprint density at radius 3 is 2.81 bits per heavy atom. The van der Waals surface area contributed by atoms with Crippen LogP contribution >= 0.6 is 11.8 Å². The summed E-state index contributed by atoms with van der Waals surface area (Å²) in [6, 6.07) is -0.919. The van der Waals surface area contributed by atoms with E-state index >= 15 is 0 Å². The summed E-state index contributed by atoms with van der Waals surface area (Å²) in [6.45, 7) is 0. The normalized spacial score (nSPS) is 43.1. The van der Waals surface area contributed by atoms with Crippen LogP contribution in [0.2, 0.25) is 0 Å². The molecule has 0 bridgehead atoms. The third-order valence-corrected chi connectivity index (χ3v) is 3.67. The molecule has 0 radical (unpaired) electrons. The molecule has 2 aliphatic rings. The maximum Gasteiger partial charge on any atom is 0.267 e. The number of amidine groups is 1. The lowest BCUT2D eigenvalue weighted by Gasteiger charge is -2.36. The summed E-state index contributed by atoms with van der Waals surface area (Å²) in [5.41, 5.74) is -0.792. The molecule has 0 aliphatic carbocycles. The van der Waals surface area contributed by atoms with E-state index < -0.39 is 36.3 Å². The lowest BCUT2D eigenvalue weighted by Crippen LogP contribution is -2.55. The first kappa shape index (κ1) is 12.0. The van der Waals surface area contributed by atoms with Gasteiger partial charge in [0.25, 0.3) is 6.43 Å². The number of aliphatic hydroxyl groups excluding tert-OH is 1. The zero-order valence-corrected chi connectivity index (χ0v) is 9.13. The molecular formula is C8H11F3N2O2S. The number of alkyl halides is 3. The Hall–Kier alpha value is -0.470. The summed E-state index contributed by atoms with van der Waals surface area (Å²) < 4.78 is 43.5. The van der Waals surface area contributed by atoms with E-state index in [4.69, 9.17) is 4.74 Å². The van der Waals surface area contributed by atoms with Gasteiger partial charge in [-0.15, -0.1) is 0 Å². The van der Waals surface area contributed by atoms with Crippen molar-refractivity contribution in [3.8, 4) is 0 Å². The van der Waals surface area contributed by atoms with E-state index in [1.807, 2.05) is 0 Å². The van der Waals surface area contributed by atoms with E-state index in [9.17, 15) is 18.3 Å². The molecule has 92 valence electrons. The number of rotatable bonds is 1. The Morgan fingerprint density at radius 2 is 2.25 bits per heavy atom. The van der Waals surface area contributed by atoms with Crippen LogP contribution in [0.4, 0.5) is 13.2 Å². The maximum atomic E-state index is 13.6. The SMILES string of the molecule is CNC1=N[C@@H]2[C@H](F)[C@H](O)[C@@H](C(F)F)O[C@@H]2S1. The highest BCUT2D eigenvalue weighted by Crippen LogP contribution is 2.38. The number of nitrogens with one attached hydrogen (secondary N) is 1. The Bertz CT molecular complexity index is 305. The predicted molar refractivity (Wildman–Crippen MR) is 53.4 cm³/mol. The van der Waals surface area contributed by atoms with Gasteiger partial charge >= 0.3 is 0 Å². The van der Waals surface area contributed by atoms with E-state index in [1.54, 1.807) is 7.05 Å². The minimum absolute atomic E-state index is 0.430. The molecule has 2 aliphatic heterocycles. The van der Waals surface area contributed by atoms with Gasteiger partial charge in [-0.05, 0) is 0 Å². The van der Waals surface area contributed by atoms with E-state index in [2.05, 4.69) is 10.3 Å². The molecule has 4 nitrogen and oxygen atoms in total. The van der Waals surface area contributed by atoms with E-state index in [0.717, 1.165) is 11.8 Å². The molecule has 1 saturated heterocycles. The van der Waals surface area contributed by atoms with Crippen LogP contribution < -0.4 is 5.32 Å². The van der Waals surface area contributed by atoms with Gasteiger partial charge in [-0.2, -0.15) is 0 Å². The van der Waals surface area contributed by atoms with Gasteiger partial charge < -0.3 is 15.2 Å². The van der Waals surface area contributed by atoms with E-state index in [1.165, 1.54) is 0 Å².